The van der Waals surface area contributed by atoms with Crippen molar-refractivity contribution in [1.29, 1.82) is 0 Å². The van der Waals surface area contributed by atoms with Crippen LogP contribution in [0.1, 0.15) is 55.7 Å². The normalized spacial score (nSPS) is 12.8. The number of nitrogens with zero attached hydrogens (tertiary/aromatic N) is 2. The zero-order valence-corrected chi connectivity index (χ0v) is 11.6. The highest BCUT2D eigenvalue weighted by Crippen LogP contribution is 2.13. The van der Waals surface area contributed by atoms with Crippen LogP contribution < -0.4 is 5.32 Å². The standard InChI is InChI=1S/C13H23N3O2/c1-9(2)11-8-12(16(4)15-11)13(18)14-10(3)6-5-7-17/h8-10,17H,5-7H2,1-4H3,(H,14,18). The number of carbonyl (C=O) groups is 1. The van der Waals surface area contributed by atoms with Crippen molar-refractivity contribution in [3.63, 3.8) is 0 Å². The molecule has 5 heteroatoms. The first-order valence-electron chi connectivity index (χ1n) is 6.41. The van der Waals surface area contributed by atoms with E-state index < -0.39 is 0 Å². The molecule has 1 rings (SSSR count). The van der Waals surface area contributed by atoms with Gasteiger partial charge in [0.1, 0.15) is 5.69 Å². The van der Waals surface area contributed by atoms with Crippen molar-refractivity contribution in [2.24, 2.45) is 7.05 Å². The Bertz CT molecular complexity index is 399. The van der Waals surface area contributed by atoms with E-state index >= 15 is 0 Å². The van der Waals surface area contributed by atoms with E-state index in [1.807, 2.05) is 26.8 Å². The van der Waals surface area contributed by atoms with E-state index in [0.717, 1.165) is 12.1 Å². The highest BCUT2D eigenvalue weighted by molar-refractivity contribution is 5.92. The molecule has 1 aromatic rings. The molecule has 0 saturated carbocycles. The molecular formula is C13H23N3O2. The molecule has 2 N–H and O–H groups in total. The number of aromatic nitrogens is 2. The van der Waals surface area contributed by atoms with Crippen molar-refractivity contribution in [1.82, 2.24) is 15.1 Å². The molecule has 1 amide bonds. The maximum absolute atomic E-state index is 12.0. The molecule has 1 unspecified atom stereocenters. The van der Waals surface area contributed by atoms with E-state index in [-0.39, 0.29) is 18.6 Å². The number of amides is 1. The molecule has 0 aromatic carbocycles. The van der Waals surface area contributed by atoms with Crippen LogP contribution in [0.3, 0.4) is 0 Å². The minimum Gasteiger partial charge on any atom is -0.396 e. The first kappa shape index (κ1) is 14.7. The van der Waals surface area contributed by atoms with Gasteiger partial charge in [0.25, 0.3) is 5.91 Å². The summed E-state index contributed by atoms with van der Waals surface area (Å²) in [5.74, 6) is 0.201. The summed E-state index contributed by atoms with van der Waals surface area (Å²) in [7, 11) is 1.78. The second-order valence-electron chi connectivity index (χ2n) is 4.97. The fourth-order valence-electron chi connectivity index (χ4n) is 1.75. The summed E-state index contributed by atoms with van der Waals surface area (Å²) in [5.41, 5.74) is 1.50. The second-order valence-corrected chi connectivity index (χ2v) is 4.97. The molecule has 1 heterocycles. The summed E-state index contributed by atoms with van der Waals surface area (Å²) in [6.07, 6.45) is 1.47. The molecule has 0 radical (unpaired) electrons. The van der Waals surface area contributed by atoms with E-state index in [9.17, 15) is 4.79 Å². The fraction of sp³-hybridized carbons (Fsp3) is 0.692. The van der Waals surface area contributed by atoms with E-state index in [0.29, 0.717) is 18.0 Å². The van der Waals surface area contributed by atoms with Crippen molar-refractivity contribution in [2.75, 3.05) is 6.61 Å². The highest BCUT2D eigenvalue weighted by atomic mass is 16.3. The largest absolute Gasteiger partial charge is 0.396 e. The Morgan fingerprint density at radius 2 is 2.17 bits per heavy atom. The van der Waals surface area contributed by atoms with Crippen LogP contribution >= 0.6 is 0 Å². The monoisotopic (exact) mass is 253 g/mol. The fourth-order valence-corrected chi connectivity index (χ4v) is 1.75. The third-order valence-corrected chi connectivity index (χ3v) is 2.90. The predicted octanol–water partition coefficient (Wildman–Crippen LogP) is 1.43. The second kappa shape index (κ2) is 6.54. The molecule has 0 saturated heterocycles. The minimum atomic E-state index is -0.109. The van der Waals surface area contributed by atoms with E-state index in [1.54, 1.807) is 11.7 Å². The summed E-state index contributed by atoms with van der Waals surface area (Å²) in [6, 6.07) is 1.89. The molecule has 102 valence electrons. The average Bonchev–Trinajstić information content (AvgIpc) is 2.68. The van der Waals surface area contributed by atoms with Crippen molar-refractivity contribution in [2.45, 2.75) is 45.6 Å². The number of rotatable bonds is 6. The molecular weight excluding hydrogens is 230 g/mol. The number of carbonyl (C=O) groups excluding carboxylic acids is 1. The summed E-state index contributed by atoms with van der Waals surface area (Å²) in [4.78, 5) is 12.0. The van der Waals surface area contributed by atoms with Gasteiger partial charge < -0.3 is 10.4 Å². The van der Waals surface area contributed by atoms with Crippen LogP contribution in [0.5, 0.6) is 0 Å². The van der Waals surface area contributed by atoms with Crippen LogP contribution in [0.15, 0.2) is 6.07 Å². The third-order valence-electron chi connectivity index (χ3n) is 2.90. The lowest BCUT2D eigenvalue weighted by Crippen LogP contribution is -2.33. The number of aryl methyl sites for hydroxylation is 1. The number of aliphatic hydroxyl groups excluding tert-OH is 1. The van der Waals surface area contributed by atoms with E-state index in [1.165, 1.54) is 0 Å². The minimum absolute atomic E-state index is 0.0575. The van der Waals surface area contributed by atoms with Gasteiger partial charge in [0.2, 0.25) is 0 Å². The van der Waals surface area contributed by atoms with Crippen molar-refractivity contribution in [3.8, 4) is 0 Å². The van der Waals surface area contributed by atoms with Crippen molar-refractivity contribution >= 4 is 5.91 Å². The molecule has 5 nitrogen and oxygen atoms in total. The Balaban J connectivity index is 2.66. The summed E-state index contributed by atoms with van der Waals surface area (Å²) >= 11 is 0. The number of nitrogens with one attached hydrogen (secondary N) is 1. The quantitative estimate of drug-likeness (QED) is 0.806. The zero-order chi connectivity index (χ0) is 13.7. The summed E-state index contributed by atoms with van der Waals surface area (Å²) < 4.78 is 1.61. The van der Waals surface area contributed by atoms with E-state index in [2.05, 4.69) is 10.4 Å². The van der Waals surface area contributed by atoms with Gasteiger partial charge >= 0.3 is 0 Å². The molecule has 0 fully saturated rings. The van der Waals surface area contributed by atoms with Crippen LogP contribution in [0, 0.1) is 0 Å². The lowest BCUT2D eigenvalue weighted by atomic mass is 10.1. The van der Waals surface area contributed by atoms with Gasteiger partial charge in [0.05, 0.1) is 5.69 Å². The van der Waals surface area contributed by atoms with Gasteiger partial charge in [-0.1, -0.05) is 13.8 Å². The Morgan fingerprint density at radius 3 is 2.67 bits per heavy atom. The molecule has 0 spiro atoms. The Morgan fingerprint density at radius 1 is 1.50 bits per heavy atom. The lowest BCUT2D eigenvalue weighted by molar-refractivity contribution is 0.0927. The highest BCUT2D eigenvalue weighted by Gasteiger charge is 2.16. The van der Waals surface area contributed by atoms with Crippen molar-refractivity contribution < 1.29 is 9.90 Å². The molecule has 1 aromatic heterocycles. The van der Waals surface area contributed by atoms with Gasteiger partial charge in [-0.15, -0.1) is 0 Å². The number of hydrogen-bond acceptors (Lipinski definition) is 3. The van der Waals surface area contributed by atoms with Gasteiger partial charge in [-0.05, 0) is 31.7 Å². The van der Waals surface area contributed by atoms with Crippen LogP contribution in [0.2, 0.25) is 0 Å². The molecule has 18 heavy (non-hydrogen) atoms. The molecule has 1 atom stereocenters. The zero-order valence-electron chi connectivity index (χ0n) is 11.6. The van der Waals surface area contributed by atoms with Crippen LogP contribution in [-0.4, -0.2) is 33.4 Å². The first-order valence-corrected chi connectivity index (χ1v) is 6.41. The third kappa shape index (κ3) is 3.84. The van der Waals surface area contributed by atoms with Gasteiger partial charge in [0.15, 0.2) is 0 Å². The predicted molar refractivity (Wildman–Crippen MR) is 70.5 cm³/mol. The maximum atomic E-state index is 12.0. The Hall–Kier alpha value is -1.36. The number of aliphatic hydroxyl groups is 1. The summed E-state index contributed by atoms with van der Waals surface area (Å²) in [6.45, 7) is 6.19. The topological polar surface area (TPSA) is 67.2 Å². The smallest absolute Gasteiger partial charge is 0.269 e. The molecule has 0 aliphatic carbocycles. The lowest BCUT2D eigenvalue weighted by Gasteiger charge is -2.12. The maximum Gasteiger partial charge on any atom is 0.269 e. The number of hydrogen-bond donors (Lipinski definition) is 2. The molecule has 0 bridgehead atoms. The average molecular weight is 253 g/mol. The van der Waals surface area contributed by atoms with Crippen molar-refractivity contribution in [3.05, 3.63) is 17.5 Å². The van der Waals surface area contributed by atoms with Crippen LogP contribution in [-0.2, 0) is 7.05 Å². The molecule has 0 aliphatic rings. The Kier molecular flexibility index (Phi) is 5.34. The SMILES string of the molecule is CC(CCCO)NC(=O)c1cc(C(C)C)nn1C. The van der Waals surface area contributed by atoms with Gasteiger partial charge in [0, 0.05) is 19.7 Å². The van der Waals surface area contributed by atoms with Crippen LogP contribution in [0.25, 0.3) is 0 Å². The van der Waals surface area contributed by atoms with Gasteiger partial charge in [-0.25, -0.2) is 0 Å². The summed E-state index contributed by atoms with van der Waals surface area (Å²) in [5, 5.41) is 16.0. The molecule has 0 aliphatic heterocycles. The van der Waals surface area contributed by atoms with Gasteiger partial charge in [-0.2, -0.15) is 5.10 Å². The first-order chi connectivity index (χ1) is 8.45. The Labute approximate surface area is 108 Å². The van der Waals surface area contributed by atoms with Crippen LogP contribution in [0.4, 0.5) is 0 Å². The van der Waals surface area contributed by atoms with E-state index in [4.69, 9.17) is 5.11 Å². The van der Waals surface area contributed by atoms with Gasteiger partial charge in [-0.3, -0.25) is 9.48 Å².